The van der Waals surface area contributed by atoms with Crippen molar-refractivity contribution < 1.29 is 4.74 Å². The van der Waals surface area contributed by atoms with E-state index < -0.39 is 0 Å². The van der Waals surface area contributed by atoms with Crippen molar-refractivity contribution in [1.82, 2.24) is 14.9 Å². The van der Waals surface area contributed by atoms with Gasteiger partial charge in [-0.05, 0) is 67.6 Å². The van der Waals surface area contributed by atoms with Crippen molar-refractivity contribution >= 4 is 5.95 Å². The van der Waals surface area contributed by atoms with E-state index in [4.69, 9.17) is 4.74 Å². The molecule has 154 valence electrons. The Morgan fingerprint density at radius 3 is 2.21 bits per heavy atom. The van der Waals surface area contributed by atoms with Crippen LogP contribution in [0, 0.1) is 18.8 Å². The minimum absolute atomic E-state index is 0.678. The van der Waals surface area contributed by atoms with Crippen molar-refractivity contribution in [2.75, 3.05) is 38.2 Å². The topological polar surface area (TPSA) is 41.5 Å². The Bertz CT molecular complexity index is 817. The van der Waals surface area contributed by atoms with Gasteiger partial charge < -0.3 is 9.64 Å². The van der Waals surface area contributed by atoms with E-state index in [-0.39, 0.29) is 0 Å². The number of aryl methyl sites for hydroxylation is 1. The first-order chi connectivity index (χ1) is 14.2. The van der Waals surface area contributed by atoms with Crippen LogP contribution in [0.3, 0.4) is 0 Å². The summed E-state index contributed by atoms with van der Waals surface area (Å²) >= 11 is 0. The molecule has 0 amide bonds. The number of piperazine rings is 1. The van der Waals surface area contributed by atoms with Gasteiger partial charge in [-0.15, -0.1) is 0 Å². The highest BCUT2D eigenvalue weighted by molar-refractivity contribution is 5.37. The molecule has 2 saturated carbocycles. The third-order valence-corrected chi connectivity index (χ3v) is 7.45. The summed E-state index contributed by atoms with van der Waals surface area (Å²) in [5, 5.41) is 0. The lowest BCUT2D eigenvalue weighted by atomic mass is 9.93. The fraction of sp³-hybridized carbons (Fsp3) is 0.583. The van der Waals surface area contributed by atoms with E-state index in [0.29, 0.717) is 5.92 Å². The van der Waals surface area contributed by atoms with Crippen LogP contribution in [0.4, 0.5) is 5.95 Å². The molecule has 2 aliphatic carbocycles. The van der Waals surface area contributed by atoms with Crippen molar-refractivity contribution in [3.63, 3.8) is 0 Å². The first-order valence-electron chi connectivity index (χ1n) is 11.1. The molecule has 0 N–H and O–H groups in total. The van der Waals surface area contributed by atoms with Crippen LogP contribution in [0.2, 0.25) is 0 Å². The van der Waals surface area contributed by atoms with Gasteiger partial charge in [-0.3, -0.25) is 4.90 Å². The number of rotatable bonds is 4. The zero-order chi connectivity index (χ0) is 19.8. The van der Waals surface area contributed by atoms with E-state index in [2.05, 4.69) is 44.0 Å². The zero-order valence-corrected chi connectivity index (χ0v) is 17.6. The number of benzene rings is 1. The van der Waals surface area contributed by atoms with Crippen LogP contribution < -0.4 is 9.64 Å². The Balaban J connectivity index is 1.16. The predicted octanol–water partition coefficient (Wildman–Crippen LogP) is 3.89. The summed E-state index contributed by atoms with van der Waals surface area (Å²) < 4.78 is 5.63. The molecule has 0 spiro atoms. The van der Waals surface area contributed by atoms with Crippen molar-refractivity contribution in [1.29, 1.82) is 0 Å². The van der Waals surface area contributed by atoms with Crippen LogP contribution in [0.15, 0.2) is 36.7 Å². The van der Waals surface area contributed by atoms with Crippen LogP contribution in [0.25, 0.3) is 0 Å². The third kappa shape index (κ3) is 3.73. The molecule has 2 aromatic rings. The van der Waals surface area contributed by atoms with Crippen molar-refractivity contribution in [3.05, 3.63) is 47.8 Å². The Morgan fingerprint density at radius 2 is 1.55 bits per heavy atom. The maximum atomic E-state index is 5.63. The zero-order valence-electron chi connectivity index (χ0n) is 17.6. The molecule has 3 aliphatic rings. The van der Waals surface area contributed by atoms with E-state index in [1.54, 1.807) is 7.11 Å². The molecule has 1 aromatic carbocycles. The quantitative estimate of drug-likeness (QED) is 0.790. The number of nitrogens with zero attached hydrogens (tertiary/aromatic N) is 4. The average Bonchev–Trinajstić information content (AvgIpc) is 3.34. The third-order valence-electron chi connectivity index (χ3n) is 7.45. The van der Waals surface area contributed by atoms with Gasteiger partial charge in [0.25, 0.3) is 0 Å². The normalized spacial score (nSPS) is 29.8. The van der Waals surface area contributed by atoms with Crippen molar-refractivity contribution in [2.24, 2.45) is 11.8 Å². The monoisotopic (exact) mass is 392 g/mol. The summed E-state index contributed by atoms with van der Waals surface area (Å²) in [7, 11) is 1.80. The molecule has 3 fully saturated rings. The highest BCUT2D eigenvalue weighted by Gasteiger charge is 2.44. The molecular weight excluding hydrogens is 360 g/mol. The van der Waals surface area contributed by atoms with Crippen molar-refractivity contribution in [2.45, 2.75) is 44.6 Å². The molecule has 29 heavy (non-hydrogen) atoms. The van der Waals surface area contributed by atoms with Crippen molar-refractivity contribution in [3.8, 4) is 5.75 Å². The average molecular weight is 393 g/mol. The maximum Gasteiger partial charge on any atom is 0.225 e. The first kappa shape index (κ1) is 18.9. The van der Waals surface area contributed by atoms with E-state index in [1.165, 1.54) is 31.2 Å². The molecule has 0 radical (unpaired) electrons. The predicted molar refractivity (Wildman–Crippen MR) is 116 cm³/mol. The van der Waals surface area contributed by atoms with Crippen LogP contribution in [-0.4, -0.2) is 54.2 Å². The highest BCUT2D eigenvalue weighted by atomic mass is 16.5. The fourth-order valence-electron chi connectivity index (χ4n) is 5.98. The number of anilines is 1. The summed E-state index contributed by atoms with van der Waals surface area (Å²) in [6, 6.07) is 9.39. The lowest BCUT2D eigenvalue weighted by Crippen LogP contribution is -2.50. The SMILES string of the molecule is COc1ccccc1C1CC2CC(N3CCN(c4ncc(C)cn4)CC3)CC2C1. The minimum Gasteiger partial charge on any atom is -0.496 e. The van der Waals surface area contributed by atoms with Gasteiger partial charge >= 0.3 is 0 Å². The van der Waals surface area contributed by atoms with E-state index in [9.17, 15) is 0 Å². The molecule has 2 unspecified atom stereocenters. The summed E-state index contributed by atoms with van der Waals surface area (Å²) in [5.41, 5.74) is 2.55. The van der Waals surface area contributed by atoms with Gasteiger partial charge in [0.15, 0.2) is 0 Å². The molecule has 1 aliphatic heterocycles. The number of ether oxygens (including phenoxy) is 1. The largest absolute Gasteiger partial charge is 0.496 e. The summed E-state index contributed by atoms with van der Waals surface area (Å²) in [4.78, 5) is 14.1. The van der Waals surface area contributed by atoms with Gasteiger partial charge in [-0.2, -0.15) is 0 Å². The lowest BCUT2D eigenvalue weighted by Gasteiger charge is -2.38. The van der Waals surface area contributed by atoms with Gasteiger partial charge in [-0.1, -0.05) is 18.2 Å². The van der Waals surface area contributed by atoms with E-state index in [1.807, 2.05) is 19.3 Å². The van der Waals surface area contributed by atoms with E-state index in [0.717, 1.165) is 61.3 Å². The summed E-state index contributed by atoms with van der Waals surface area (Å²) in [5.74, 6) is 4.40. The molecule has 5 nitrogen and oxygen atoms in total. The van der Waals surface area contributed by atoms with Gasteiger partial charge in [0.2, 0.25) is 5.95 Å². The van der Waals surface area contributed by atoms with Crippen LogP contribution in [0.1, 0.15) is 42.7 Å². The van der Waals surface area contributed by atoms with Crippen LogP contribution in [0.5, 0.6) is 5.75 Å². The lowest BCUT2D eigenvalue weighted by molar-refractivity contribution is 0.178. The molecule has 1 aromatic heterocycles. The Morgan fingerprint density at radius 1 is 0.897 bits per heavy atom. The molecule has 0 bridgehead atoms. The summed E-state index contributed by atoms with van der Waals surface area (Å²) in [6.07, 6.45) is 9.25. The first-order valence-corrected chi connectivity index (χ1v) is 11.1. The minimum atomic E-state index is 0.678. The van der Waals surface area contributed by atoms with E-state index >= 15 is 0 Å². The van der Waals surface area contributed by atoms with Gasteiger partial charge in [-0.25, -0.2) is 9.97 Å². The smallest absolute Gasteiger partial charge is 0.225 e. The van der Waals surface area contributed by atoms with Gasteiger partial charge in [0.1, 0.15) is 5.75 Å². The number of methoxy groups -OCH3 is 1. The molecular formula is C24H32N4O. The maximum absolute atomic E-state index is 5.63. The highest BCUT2D eigenvalue weighted by Crippen LogP contribution is 2.52. The summed E-state index contributed by atoms with van der Waals surface area (Å²) in [6.45, 7) is 6.39. The van der Waals surface area contributed by atoms with Gasteiger partial charge in [0.05, 0.1) is 7.11 Å². The molecule has 2 atom stereocenters. The van der Waals surface area contributed by atoms with Crippen LogP contribution in [-0.2, 0) is 0 Å². The van der Waals surface area contributed by atoms with Gasteiger partial charge in [0, 0.05) is 44.6 Å². The Hall–Kier alpha value is -2.14. The number of para-hydroxylation sites is 1. The second-order valence-electron chi connectivity index (χ2n) is 9.14. The molecule has 1 saturated heterocycles. The van der Waals surface area contributed by atoms with Crippen LogP contribution >= 0.6 is 0 Å². The number of hydrogen-bond acceptors (Lipinski definition) is 5. The fourth-order valence-corrected chi connectivity index (χ4v) is 5.98. The molecule has 5 heteroatoms. The number of aromatic nitrogens is 2. The second kappa shape index (κ2) is 7.94. The molecule has 5 rings (SSSR count). The standard InChI is InChI=1S/C24H32N4O/c1-17-15-25-24(26-16-17)28-9-7-27(8-10-28)21-13-18-11-20(12-19(18)14-21)22-5-3-4-6-23(22)29-2/h3-6,15-16,18-21H,7-14H2,1-2H3. The Kier molecular flexibility index (Phi) is 5.17. The number of fused-ring (bicyclic) bond motifs is 1. The second-order valence-corrected chi connectivity index (χ2v) is 9.14. The molecule has 2 heterocycles. The number of hydrogen-bond donors (Lipinski definition) is 0. The Labute approximate surface area is 174 Å².